The van der Waals surface area contributed by atoms with Crippen molar-refractivity contribution in [2.45, 2.75) is 20.3 Å². The van der Waals surface area contributed by atoms with E-state index in [4.69, 9.17) is 4.74 Å². The average Bonchev–Trinajstić information content (AvgIpc) is 3.02. The molecular formula is C20H20N2O2S. The Morgan fingerprint density at radius 1 is 1.20 bits per heavy atom. The summed E-state index contributed by atoms with van der Waals surface area (Å²) in [7, 11) is 0. The largest absolute Gasteiger partial charge is 0.493 e. The molecule has 4 nitrogen and oxygen atoms in total. The summed E-state index contributed by atoms with van der Waals surface area (Å²) in [5.74, 6) is 0.375. The molecule has 0 unspecified atom stereocenters. The number of thiazole rings is 1. The van der Waals surface area contributed by atoms with Crippen LogP contribution in [0.5, 0.6) is 5.75 Å². The maximum atomic E-state index is 12.5. The predicted octanol–water partition coefficient (Wildman–Crippen LogP) is 4.69. The maximum Gasteiger partial charge on any atom is 0.261 e. The monoisotopic (exact) mass is 352 g/mol. The zero-order valence-corrected chi connectivity index (χ0v) is 15.1. The van der Waals surface area contributed by atoms with Gasteiger partial charge in [0.05, 0.1) is 12.2 Å². The van der Waals surface area contributed by atoms with Crippen LogP contribution >= 0.6 is 11.3 Å². The summed E-state index contributed by atoms with van der Waals surface area (Å²) in [6.07, 6.45) is 2.63. The van der Waals surface area contributed by atoms with Crippen LogP contribution in [0.1, 0.15) is 33.3 Å². The van der Waals surface area contributed by atoms with Gasteiger partial charge in [-0.1, -0.05) is 42.0 Å². The first-order valence-electron chi connectivity index (χ1n) is 8.19. The summed E-state index contributed by atoms with van der Waals surface area (Å²) in [6.45, 7) is 4.49. The second-order valence-electron chi connectivity index (χ2n) is 5.68. The van der Waals surface area contributed by atoms with Crippen molar-refractivity contribution in [1.29, 1.82) is 0 Å². The minimum atomic E-state index is -0.208. The maximum absolute atomic E-state index is 12.5. The number of para-hydroxylation sites is 1. The Morgan fingerprint density at radius 2 is 2.04 bits per heavy atom. The van der Waals surface area contributed by atoms with Gasteiger partial charge in [0, 0.05) is 17.5 Å². The van der Waals surface area contributed by atoms with Gasteiger partial charge in [-0.05, 0) is 31.5 Å². The van der Waals surface area contributed by atoms with Gasteiger partial charge in [0.25, 0.3) is 5.91 Å². The lowest BCUT2D eigenvalue weighted by Gasteiger charge is -2.08. The van der Waals surface area contributed by atoms with Crippen LogP contribution in [0, 0.1) is 6.92 Å². The highest BCUT2D eigenvalue weighted by Gasteiger charge is 2.14. The van der Waals surface area contributed by atoms with Crippen molar-refractivity contribution >= 4 is 22.4 Å². The van der Waals surface area contributed by atoms with Crippen LogP contribution in [-0.2, 0) is 6.42 Å². The lowest BCUT2D eigenvalue weighted by Crippen LogP contribution is -2.13. The number of carbonyl (C=O) groups excluding carboxylic acids is 1. The molecule has 0 fully saturated rings. The minimum Gasteiger partial charge on any atom is -0.493 e. The van der Waals surface area contributed by atoms with E-state index in [0.29, 0.717) is 23.1 Å². The molecule has 1 heterocycles. The molecular weight excluding hydrogens is 332 g/mol. The number of hydrogen-bond donors (Lipinski definition) is 1. The van der Waals surface area contributed by atoms with Gasteiger partial charge in [0.2, 0.25) is 0 Å². The van der Waals surface area contributed by atoms with Crippen molar-refractivity contribution in [1.82, 2.24) is 4.98 Å². The molecule has 25 heavy (non-hydrogen) atoms. The fourth-order valence-electron chi connectivity index (χ4n) is 2.57. The van der Waals surface area contributed by atoms with Crippen LogP contribution in [0.15, 0.2) is 54.7 Å². The van der Waals surface area contributed by atoms with Crippen molar-refractivity contribution in [3.8, 4) is 5.75 Å². The molecule has 1 amide bonds. The molecule has 3 aromatic rings. The first-order chi connectivity index (χ1) is 12.2. The van der Waals surface area contributed by atoms with Crippen LogP contribution in [0.25, 0.3) is 0 Å². The van der Waals surface area contributed by atoms with Crippen LogP contribution in [0.3, 0.4) is 0 Å². The first kappa shape index (κ1) is 17.2. The van der Waals surface area contributed by atoms with Gasteiger partial charge in [0.1, 0.15) is 5.75 Å². The van der Waals surface area contributed by atoms with E-state index in [9.17, 15) is 4.79 Å². The molecule has 1 N–H and O–H groups in total. The van der Waals surface area contributed by atoms with Crippen LogP contribution in [0.2, 0.25) is 0 Å². The van der Waals surface area contributed by atoms with Gasteiger partial charge in [-0.3, -0.25) is 10.1 Å². The molecule has 0 spiro atoms. The van der Waals surface area contributed by atoms with E-state index in [-0.39, 0.29) is 5.91 Å². The topological polar surface area (TPSA) is 51.2 Å². The lowest BCUT2D eigenvalue weighted by atomic mass is 10.1. The van der Waals surface area contributed by atoms with E-state index in [2.05, 4.69) is 41.5 Å². The zero-order chi connectivity index (χ0) is 17.6. The fourth-order valence-corrected chi connectivity index (χ4v) is 3.41. The Balaban J connectivity index is 1.70. The number of anilines is 1. The van der Waals surface area contributed by atoms with Gasteiger partial charge < -0.3 is 4.74 Å². The molecule has 0 radical (unpaired) electrons. The number of amides is 1. The number of nitrogens with zero attached hydrogens (tertiary/aromatic N) is 1. The highest BCUT2D eigenvalue weighted by molar-refractivity contribution is 7.15. The average molecular weight is 352 g/mol. The first-order valence-corrected chi connectivity index (χ1v) is 9.01. The van der Waals surface area contributed by atoms with Gasteiger partial charge in [-0.15, -0.1) is 11.3 Å². The number of nitrogens with one attached hydrogen (secondary N) is 1. The molecule has 5 heteroatoms. The van der Waals surface area contributed by atoms with Gasteiger partial charge in [-0.2, -0.15) is 0 Å². The number of aromatic nitrogens is 1. The van der Waals surface area contributed by atoms with Gasteiger partial charge >= 0.3 is 0 Å². The van der Waals surface area contributed by atoms with Gasteiger partial charge in [-0.25, -0.2) is 4.98 Å². The van der Waals surface area contributed by atoms with Crippen molar-refractivity contribution in [2.75, 3.05) is 11.9 Å². The van der Waals surface area contributed by atoms with Crippen LogP contribution in [0.4, 0.5) is 5.13 Å². The molecule has 3 rings (SSSR count). The Bertz CT molecular complexity index is 873. The molecule has 128 valence electrons. The molecule has 0 bridgehead atoms. The minimum absolute atomic E-state index is 0.208. The van der Waals surface area contributed by atoms with E-state index in [1.165, 1.54) is 22.5 Å². The summed E-state index contributed by atoms with van der Waals surface area (Å²) < 4.78 is 5.51. The summed E-state index contributed by atoms with van der Waals surface area (Å²) in [6, 6.07) is 15.6. The van der Waals surface area contributed by atoms with Crippen molar-refractivity contribution in [3.63, 3.8) is 0 Å². The highest BCUT2D eigenvalue weighted by Crippen LogP contribution is 2.24. The Morgan fingerprint density at radius 3 is 2.84 bits per heavy atom. The summed E-state index contributed by atoms with van der Waals surface area (Å²) >= 11 is 1.49. The molecule has 0 aliphatic rings. The fraction of sp³-hybridized carbons (Fsp3) is 0.200. The molecule has 0 aliphatic carbocycles. The number of aryl methyl sites for hydroxylation is 1. The van der Waals surface area contributed by atoms with E-state index < -0.39 is 0 Å². The third-order valence-electron chi connectivity index (χ3n) is 3.67. The molecule has 2 aromatic carbocycles. The molecule has 1 aromatic heterocycles. The van der Waals surface area contributed by atoms with Crippen molar-refractivity contribution in [3.05, 3.63) is 76.3 Å². The molecule has 0 atom stereocenters. The van der Waals surface area contributed by atoms with E-state index in [0.717, 1.165) is 11.3 Å². The quantitative estimate of drug-likeness (QED) is 0.700. The van der Waals surface area contributed by atoms with Crippen LogP contribution < -0.4 is 10.1 Å². The number of benzene rings is 2. The third kappa shape index (κ3) is 4.45. The summed E-state index contributed by atoms with van der Waals surface area (Å²) in [4.78, 5) is 17.9. The Hall–Kier alpha value is -2.66. The lowest BCUT2D eigenvalue weighted by molar-refractivity contribution is 0.102. The van der Waals surface area contributed by atoms with E-state index >= 15 is 0 Å². The normalized spacial score (nSPS) is 10.5. The van der Waals surface area contributed by atoms with Crippen molar-refractivity contribution < 1.29 is 9.53 Å². The smallest absolute Gasteiger partial charge is 0.261 e. The number of ether oxygens (including phenoxy) is 1. The third-order valence-corrected chi connectivity index (χ3v) is 4.58. The second kappa shape index (κ2) is 7.94. The molecule has 0 aliphatic heterocycles. The Kier molecular flexibility index (Phi) is 5.46. The standard InChI is InChI=1S/C20H20N2O2S/c1-3-24-18-10-5-4-9-17(18)19(23)22-20-21-13-16(25-20)12-15-8-6-7-14(2)11-15/h4-11,13H,3,12H2,1-2H3,(H,21,22,23). The summed E-state index contributed by atoms with van der Waals surface area (Å²) in [5, 5.41) is 3.46. The van der Waals surface area contributed by atoms with Gasteiger partial charge in [0.15, 0.2) is 5.13 Å². The zero-order valence-electron chi connectivity index (χ0n) is 14.3. The number of hydrogen-bond acceptors (Lipinski definition) is 4. The van der Waals surface area contributed by atoms with Crippen LogP contribution in [-0.4, -0.2) is 17.5 Å². The second-order valence-corrected chi connectivity index (χ2v) is 6.80. The predicted molar refractivity (Wildman–Crippen MR) is 102 cm³/mol. The molecule has 0 saturated heterocycles. The van der Waals surface area contributed by atoms with E-state index in [1.54, 1.807) is 12.1 Å². The van der Waals surface area contributed by atoms with Crippen molar-refractivity contribution in [2.24, 2.45) is 0 Å². The SMILES string of the molecule is CCOc1ccccc1C(=O)Nc1ncc(Cc2cccc(C)c2)s1. The number of carbonyl (C=O) groups is 1. The van der Waals surface area contributed by atoms with E-state index in [1.807, 2.05) is 25.3 Å². The highest BCUT2D eigenvalue weighted by atomic mass is 32.1. The molecule has 0 saturated carbocycles. The summed E-state index contributed by atoms with van der Waals surface area (Å²) in [5.41, 5.74) is 2.99. The number of rotatable bonds is 6. The Labute approximate surface area is 151 Å².